The topological polar surface area (TPSA) is 61.0 Å². The van der Waals surface area contributed by atoms with Crippen molar-refractivity contribution in [2.45, 2.75) is 38.6 Å². The summed E-state index contributed by atoms with van der Waals surface area (Å²) in [7, 11) is 0. The van der Waals surface area contributed by atoms with Crippen molar-refractivity contribution in [3.05, 3.63) is 22.7 Å². The Morgan fingerprint density at radius 3 is 3.22 bits per heavy atom. The minimum Gasteiger partial charge on any atom is -0.352 e. The maximum absolute atomic E-state index is 11.4. The van der Waals surface area contributed by atoms with Gasteiger partial charge in [-0.15, -0.1) is 0 Å². The molecule has 1 fully saturated rings. The number of hydrogen-bond acceptors (Lipinski definition) is 4. The molecule has 2 N–H and O–H groups in total. The van der Waals surface area contributed by atoms with Crippen LogP contribution in [0.15, 0.2) is 17.2 Å². The monoisotopic (exact) mass is 250 g/mol. The number of piperidine rings is 1. The van der Waals surface area contributed by atoms with Crippen molar-refractivity contribution < 1.29 is 0 Å². The first kappa shape index (κ1) is 13.1. The molecule has 2 heterocycles. The number of H-pyrrole nitrogens is 1. The molecule has 100 valence electrons. The first-order chi connectivity index (χ1) is 8.81. The summed E-state index contributed by atoms with van der Waals surface area (Å²) in [6, 6.07) is 2.05. The molecule has 1 aliphatic heterocycles. The third-order valence-electron chi connectivity index (χ3n) is 3.39. The molecule has 1 unspecified atom stereocenters. The maximum Gasteiger partial charge on any atom is 0.252 e. The van der Waals surface area contributed by atoms with Crippen LogP contribution in [0.25, 0.3) is 0 Å². The largest absolute Gasteiger partial charge is 0.352 e. The zero-order chi connectivity index (χ0) is 12.8. The van der Waals surface area contributed by atoms with E-state index in [9.17, 15) is 4.79 Å². The van der Waals surface area contributed by atoms with Gasteiger partial charge in [0.05, 0.1) is 6.33 Å². The molecule has 0 bridgehead atoms. The fourth-order valence-corrected chi connectivity index (χ4v) is 2.48. The molecule has 5 nitrogen and oxygen atoms in total. The fourth-order valence-electron chi connectivity index (χ4n) is 2.48. The lowest BCUT2D eigenvalue weighted by molar-refractivity contribution is 0.432. The molecular weight excluding hydrogens is 228 g/mol. The van der Waals surface area contributed by atoms with E-state index >= 15 is 0 Å². The van der Waals surface area contributed by atoms with Crippen molar-refractivity contribution in [1.82, 2.24) is 15.3 Å². The molecule has 1 saturated heterocycles. The molecule has 0 saturated carbocycles. The lowest BCUT2D eigenvalue weighted by Gasteiger charge is -2.36. The van der Waals surface area contributed by atoms with Gasteiger partial charge in [0.1, 0.15) is 5.82 Å². The number of nitrogens with zero attached hydrogens (tertiary/aromatic N) is 2. The van der Waals surface area contributed by atoms with Gasteiger partial charge in [0.25, 0.3) is 5.56 Å². The van der Waals surface area contributed by atoms with Crippen molar-refractivity contribution >= 4 is 5.82 Å². The summed E-state index contributed by atoms with van der Waals surface area (Å²) in [5.41, 5.74) is -0.0779. The maximum atomic E-state index is 11.4. The average molecular weight is 250 g/mol. The zero-order valence-corrected chi connectivity index (χ0v) is 11.0. The van der Waals surface area contributed by atoms with Gasteiger partial charge in [-0.3, -0.25) is 4.79 Å². The smallest absolute Gasteiger partial charge is 0.252 e. The summed E-state index contributed by atoms with van der Waals surface area (Å²) in [6.45, 7) is 5.19. The van der Waals surface area contributed by atoms with E-state index in [2.05, 4.69) is 27.1 Å². The van der Waals surface area contributed by atoms with Crippen LogP contribution in [0, 0.1) is 0 Å². The second-order valence-corrected chi connectivity index (χ2v) is 4.82. The Labute approximate surface area is 108 Å². The highest BCUT2D eigenvalue weighted by atomic mass is 16.1. The molecule has 1 aromatic heterocycles. The highest BCUT2D eigenvalue weighted by Crippen LogP contribution is 2.21. The van der Waals surface area contributed by atoms with Crippen molar-refractivity contribution in [1.29, 1.82) is 0 Å². The van der Waals surface area contributed by atoms with Crippen LogP contribution >= 0.6 is 0 Å². The molecule has 0 amide bonds. The van der Waals surface area contributed by atoms with Crippen LogP contribution in [0.5, 0.6) is 0 Å². The first-order valence-electron chi connectivity index (χ1n) is 6.83. The Balaban J connectivity index is 2.05. The standard InChI is InChI=1S/C13H22N4O/c1-2-6-14-9-11-5-3-4-7-17(11)12-8-13(18)16-10-15-12/h8,10-11,14H,2-7,9H2,1H3,(H,15,16,18). The summed E-state index contributed by atoms with van der Waals surface area (Å²) < 4.78 is 0. The number of aromatic amines is 1. The van der Waals surface area contributed by atoms with Gasteiger partial charge in [-0.25, -0.2) is 4.98 Å². The quantitative estimate of drug-likeness (QED) is 0.769. The summed E-state index contributed by atoms with van der Waals surface area (Å²) in [6.07, 6.45) is 6.25. The summed E-state index contributed by atoms with van der Waals surface area (Å²) in [4.78, 5) is 20.5. The normalized spacial score (nSPS) is 20.1. The van der Waals surface area contributed by atoms with Gasteiger partial charge in [0, 0.05) is 25.2 Å². The molecule has 0 radical (unpaired) electrons. The molecule has 1 atom stereocenters. The number of anilines is 1. The molecule has 0 aliphatic carbocycles. The third-order valence-corrected chi connectivity index (χ3v) is 3.39. The van der Waals surface area contributed by atoms with Gasteiger partial charge in [-0.1, -0.05) is 6.92 Å². The third kappa shape index (κ3) is 3.32. The molecule has 1 aliphatic rings. The van der Waals surface area contributed by atoms with Gasteiger partial charge in [0.15, 0.2) is 0 Å². The van der Waals surface area contributed by atoms with Gasteiger partial charge < -0.3 is 15.2 Å². The number of hydrogen-bond donors (Lipinski definition) is 2. The number of aromatic nitrogens is 2. The SMILES string of the molecule is CCCNCC1CCCCN1c1cc(=O)[nH]cn1. The van der Waals surface area contributed by atoms with Crippen LogP contribution < -0.4 is 15.8 Å². The highest BCUT2D eigenvalue weighted by molar-refractivity contribution is 5.38. The molecule has 0 spiro atoms. The van der Waals surface area contributed by atoms with E-state index in [0.29, 0.717) is 6.04 Å². The highest BCUT2D eigenvalue weighted by Gasteiger charge is 2.23. The van der Waals surface area contributed by atoms with Gasteiger partial charge in [0.2, 0.25) is 0 Å². The lowest BCUT2D eigenvalue weighted by Crippen LogP contribution is -2.46. The molecule has 2 rings (SSSR count). The molecule has 0 aromatic carbocycles. The Hall–Kier alpha value is -1.36. The van der Waals surface area contributed by atoms with Crippen LogP contribution in [-0.2, 0) is 0 Å². The minimum absolute atomic E-state index is 0.0779. The predicted molar refractivity (Wildman–Crippen MR) is 73.0 cm³/mol. The molecule has 18 heavy (non-hydrogen) atoms. The lowest BCUT2D eigenvalue weighted by atomic mass is 10.0. The van der Waals surface area contributed by atoms with Crippen molar-refractivity contribution in [3.63, 3.8) is 0 Å². The van der Waals surface area contributed by atoms with E-state index < -0.39 is 0 Å². The van der Waals surface area contributed by atoms with Crippen LogP contribution in [-0.4, -0.2) is 35.6 Å². The molecular formula is C13H22N4O. The Kier molecular flexibility index (Phi) is 4.75. The second kappa shape index (κ2) is 6.54. The number of rotatable bonds is 5. The molecule has 1 aromatic rings. The van der Waals surface area contributed by atoms with E-state index in [1.807, 2.05) is 0 Å². The first-order valence-corrected chi connectivity index (χ1v) is 6.83. The fraction of sp³-hybridized carbons (Fsp3) is 0.692. The predicted octanol–water partition coefficient (Wildman–Crippen LogP) is 1.13. The average Bonchev–Trinajstić information content (AvgIpc) is 2.40. The van der Waals surface area contributed by atoms with E-state index in [4.69, 9.17) is 0 Å². The Morgan fingerprint density at radius 1 is 1.56 bits per heavy atom. The Morgan fingerprint density at radius 2 is 2.44 bits per heavy atom. The van der Waals surface area contributed by atoms with Gasteiger partial charge in [-0.2, -0.15) is 0 Å². The zero-order valence-electron chi connectivity index (χ0n) is 11.0. The van der Waals surface area contributed by atoms with E-state index in [1.165, 1.54) is 25.6 Å². The van der Waals surface area contributed by atoms with Crippen molar-refractivity contribution in [3.8, 4) is 0 Å². The minimum atomic E-state index is -0.0779. The van der Waals surface area contributed by atoms with E-state index in [1.54, 1.807) is 6.07 Å². The summed E-state index contributed by atoms with van der Waals surface area (Å²) in [5.74, 6) is 0.807. The molecule has 5 heteroatoms. The van der Waals surface area contributed by atoms with Crippen molar-refractivity contribution in [2.75, 3.05) is 24.5 Å². The number of nitrogens with one attached hydrogen (secondary N) is 2. The van der Waals surface area contributed by atoms with E-state index in [-0.39, 0.29) is 5.56 Å². The summed E-state index contributed by atoms with van der Waals surface area (Å²) >= 11 is 0. The van der Waals surface area contributed by atoms with Crippen LogP contribution in [0.3, 0.4) is 0 Å². The van der Waals surface area contributed by atoms with Gasteiger partial charge >= 0.3 is 0 Å². The van der Waals surface area contributed by atoms with Crippen LogP contribution in [0.1, 0.15) is 32.6 Å². The van der Waals surface area contributed by atoms with E-state index in [0.717, 1.165) is 31.9 Å². The second-order valence-electron chi connectivity index (χ2n) is 4.82. The van der Waals surface area contributed by atoms with Crippen LogP contribution in [0.2, 0.25) is 0 Å². The van der Waals surface area contributed by atoms with Gasteiger partial charge in [-0.05, 0) is 32.2 Å². The van der Waals surface area contributed by atoms with Crippen molar-refractivity contribution in [2.24, 2.45) is 0 Å². The van der Waals surface area contributed by atoms with Crippen LogP contribution in [0.4, 0.5) is 5.82 Å². The Bertz CT molecular complexity index is 417. The summed E-state index contributed by atoms with van der Waals surface area (Å²) in [5, 5.41) is 3.46.